The Bertz CT molecular complexity index is 608. The third kappa shape index (κ3) is 4.72. The van der Waals surface area contributed by atoms with Gasteiger partial charge in [-0.25, -0.2) is 0 Å². The Labute approximate surface area is 126 Å². The summed E-state index contributed by atoms with van der Waals surface area (Å²) >= 11 is 0. The molecule has 1 N–H and O–H groups in total. The van der Waals surface area contributed by atoms with E-state index in [0.717, 1.165) is 24.2 Å². The predicted octanol–water partition coefficient (Wildman–Crippen LogP) is 3.00. The Morgan fingerprint density at radius 3 is 2.52 bits per heavy atom. The Balaban J connectivity index is 1.95. The highest BCUT2D eigenvalue weighted by Crippen LogP contribution is 2.11. The van der Waals surface area contributed by atoms with Crippen LogP contribution in [0.15, 0.2) is 48.5 Å². The molecule has 0 aliphatic rings. The number of esters is 1. The third-order valence-electron chi connectivity index (χ3n) is 3.41. The summed E-state index contributed by atoms with van der Waals surface area (Å²) in [4.78, 5) is 11.4. The number of carbonyl (C=O) groups excluding carboxylic acids is 1. The number of hydrogen-bond acceptors (Lipinski definition) is 3. The monoisotopic (exact) mass is 283 g/mol. The summed E-state index contributed by atoms with van der Waals surface area (Å²) in [5, 5.41) is 3.42. The van der Waals surface area contributed by atoms with Gasteiger partial charge in [0.25, 0.3) is 0 Å². The van der Waals surface area contributed by atoms with Crippen LogP contribution in [0.4, 0.5) is 0 Å². The normalized spacial score (nSPS) is 10.4. The first-order valence-electron chi connectivity index (χ1n) is 7.09. The highest BCUT2D eigenvalue weighted by atomic mass is 16.5. The smallest absolute Gasteiger partial charge is 0.309 e. The van der Waals surface area contributed by atoms with E-state index >= 15 is 0 Å². The van der Waals surface area contributed by atoms with E-state index < -0.39 is 0 Å². The minimum atomic E-state index is -0.207. The van der Waals surface area contributed by atoms with Crippen LogP contribution >= 0.6 is 0 Å². The zero-order valence-corrected chi connectivity index (χ0v) is 12.6. The number of carbonyl (C=O) groups is 1. The van der Waals surface area contributed by atoms with Crippen LogP contribution in [0, 0.1) is 6.92 Å². The fourth-order valence-corrected chi connectivity index (χ4v) is 2.29. The Morgan fingerprint density at radius 2 is 1.81 bits per heavy atom. The molecule has 0 radical (unpaired) electrons. The first kappa shape index (κ1) is 15.3. The van der Waals surface area contributed by atoms with E-state index in [9.17, 15) is 4.79 Å². The lowest BCUT2D eigenvalue weighted by Crippen LogP contribution is -2.15. The topological polar surface area (TPSA) is 38.3 Å². The summed E-state index contributed by atoms with van der Waals surface area (Å²) in [7, 11) is 1.42. The second-order valence-corrected chi connectivity index (χ2v) is 5.11. The van der Waals surface area contributed by atoms with Gasteiger partial charge in [0.1, 0.15) is 0 Å². The highest BCUT2D eigenvalue weighted by Gasteiger charge is 2.07. The van der Waals surface area contributed by atoms with Crippen molar-refractivity contribution in [2.24, 2.45) is 0 Å². The number of nitrogens with one attached hydrogen (secondary N) is 1. The first-order valence-corrected chi connectivity index (χ1v) is 7.09. The summed E-state index contributed by atoms with van der Waals surface area (Å²) in [5.41, 5.74) is 4.68. The van der Waals surface area contributed by atoms with Crippen molar-refractivity contribution in [1.29, 1.82) is 0 Å². The standard InChI is InChI=1S/C18H21NO2/c1-14-6-5-7-15(10-14)12-19-13-17-9-4-3-8-16(17)11-18(20)21-2/h3-10,19H,11-13H2,1-2H3. The third-order valence-corrected chi connectivity index (χ3v) is 3.41. The van der Waals surface area contributed by atoms with Gasteiger partial charge in [0.15, 0.2) is 0 Å². The number of aryl methyl sites for hydroxylation is 1. The van der Waals surface area contributed by atoms with Crippen LogP contribution < -0.4 is 5.32 Å². The summed E-state index contributed by atoms with van der Waals surface area (Å²) < 4.78 is 4.74. The summed E-state index contributed by atoms with van der Waals surface area (Å²) in [6.07, 6.45) is 0.318. The van der Waals surface area contributed by atoms with Crippen LogP contribution in [0.2, 0.25) is 0 Å². The first-order chi connectivity index (χ1) is 10.2. The molecule has 2 aromatic rings. The molecule has 0 fully saturated rings. The molecular weight excluding hydrogens is 262 g/mol. The Hall–Kier alpha value is -2.13. The van der Waals surface area contributed by atoms with Crippen LogP contribution in [0.3, 0.4) is 0 Å². The number of methoxy groups -OCH3 is 1. The minimum absolute atomic E-state index is 0.207. The van der Waals surface area contributed by atoms with Crippen LogP contribution in [-0.2, 0) is 29.0 Å². The lowest BCUT2D eigenvalue weighted by Gasteiger charge is -2.10. The molecule has 0 atom stereocenters. The van der Waals surface area contributed by atoms with Gasteiger partial charge in [0.05, 0.1) is 13.5 Å². The maximum atomic E-state index is 11.4. The minimum Gasteiger partial charge on any atom is -0.469 e. The zero-order valence-electron chi connectivity index (χ0n) is 12.6. The van der Waals surface area contributed by atoms with Crippen molar-refractivity contribution in [1.82, 2.24) is 5.32 Å². The molecule has 110 valence electrons. The van der Waals surface area contributed by atoms with E-state index in [1.54, 1.807) is 0 Å². The number of ether oxygens (including phenoxy) is 1. The molecular formula is C18H21NO2. The van der Waals surface area contributed by atoms with Crippen LogP contribution in [0.5, 0.6) is 0 Å². The molecule has 0 unspecified atom stereocenters. The molecule has 2 rings (SSSR count). The molecule has 3 heteroatoms. The van der Waals surface area contributed by atoms with Crippen molar-refractivity contribution >= 4 is 5.97 Å². The van der Waals surface area contributed by atoms with Gasteiger partial charge in [-0.2, -0.15) is 0 Å². The quantitative estimate of drug-likeness (QED) is 0.828. The molecule has 0 aliphatic heterocycles. The average molecular weight is 283 g/mol. The van der Waals surface area contributed by atoms with E-state index in [2.05, 4.69) is 36.5 Å². The molecule has 0 saturated heterocycles. The summed E-state index contributed by atoms with van der Waals surface area (Å²) in [5.74, 6) is -0.207. The van der Waals surface area contributed by atoms with Crippen LogP contribution in [-0.4, -0.2) is 13.1 Å². The van der Waals surface area contributed by atoms with Crippen molar-refractivity contribution in [2.45, 2.75) is 26.4 Å². The molecule has 0 aromatic heterocycles. The van der Waals surface area contributed by atoms with Crippen molar-refractivity contribution in [3.63, 3.8) is 0 Å². The fourth-order valence-electron chi connectivity index (χ4n) is 2.29. The maximum absolute atomic E-state index is 11.4. The van der Waals surface area contributed by atoms with E-state index in [1.807, 2.05) is 24.3 Å². The number of benzene rings is 2. The van der Waals surface area contributed by atoms with Gasteiger partial charge in [-0.3, -0.25) is 4.79 Å². The van der Waals surface area contributed by atoms with E-state index in [0.29, 0.717) is 6.42 Å². The molecule has 0 saturated carbocycles. The SMILES string of the molecule is COC(=O)Cc1ccccc1CNCc1cccc(C)c1. The van der Waals surface area contributed by atoms with Crippen LogP contribution in [0.25, 0.3) is 0 Å². The average Bonchev–Trinajstić information content (AvgIpc) is 2.49. The van der Waals surface area contributed by atoms with Gasteiger partial charge in [-0.15, -0.1) is 0 Å². The van der Waals surface area contributed by atoms with Gasteiger partial charge in [0.2, 0.25) is 0 Å². The molecule has 0 heterocycles. The Morgan fingerprint density at radius 1 is 1.05 bits per heavy atom. The van der Waals surface area contributed by atoms with E-state index in [-0.39, 0.29) is 5.97 Å². The van der Waals surface area contributed by atoms with Crippen molar-refractivity contribution < 1.29 is 9.53 Å². The van der Waals surface area contributed by atoms with Gasteiger partial charge in [-0.05, 0) is 23.6 Å². The van der Waals surface area contributed by atoms with E-state index in [4.69, 9.17) is 4.74 Å². The van der Waals surface area contributed by atoms with Crippen molar-refractivity contribution in [2.75, 3.05) is 7.11 Å². The summed E-state index contributed by atoms with van der Waals surface area (Å²) in [6.45, 7) is 3.64. The Kier molecular flexibility index (Phi) is 5.52. The largest absolute Gasteiger partial charge is 0.469 e. The highest BCUT2D eigenvalue weighted by molar-refractivity contribution is 5.72. The number of hydrogen-bond donors (Lipinski definition) is 1. The van der Waals surface area contributed by atoms with Crippen molar-refractivity contribution in [3.05, 3.63) is 70.8 Å². The predicted molar refractivity (Wildman–Crippen MR) is 83.9 cm³/mol. The molecule has 3 nitrogen and oxygen atoms in total. The van der Waals surface area contributed by atoms with Gasteiger partial charge >= 0.3 is 5.97 Å². The molecule has 0 aliphatic carbocycles. The molecule has 21 heavy (non-hydrogen) atoms. The summed E-state index contributed by atoms with van der Waals surface area (Å²) in [6, 6.07) is 16.4. The maximum Gasteiger partial charge on any atom is 0.309 e. The molecule has 0 bridgehead atoms. The zero-order chi connectivity index (χ0) is 15.1. The molecule has 0 spiro atoms. The second kappa shape index (κ2) is 7.60. The van der Waals surface area contributed by atoms with Gasteiger partial charge < -0.3 is 10.1 Å². The fraction of sp³-hybridized carbons (Fsp3) is 0.278. The van der Waals surface area contributed by atoms with E-state index in [1.165, 1.54) is 18.2 Å². The van der Waals surface area contributed by atoms with Crippen molar-refractivity contribution in [3.8, 4) is 0 Å². The van der Waals surface area contributed by atoms with Crippen LogP contribution in [0.1, 0.15) is 22.3 Å². The lowest BCUT2D eigenvalue weighted by molar-refractivity contribution is -0.139. The van der Waals surface area contributed by atoms with Gasteiger partial charge in [0, 0.05) is 13.1 Å². The lowest BCUT2D eigenvalue weighted by atomic mass is 10.0. The molecule has 0 amide bonds. The molecule has 2 aromatic carbocycles. The number of rotatable bonds is 6. The van der Waals surface area contributed by atoms with Gasteiger partial charge in [-0.1, -0.05) is 54.1 Å². The second-order valence-electron chi connectivity index (χ2n) is 5.11.